The van der Waals surface area contributed by atoms with Crippen LogP contribution in [-0.4, -0.2) is 31.5 Å². The van der Waals surface area contributed by atoms with Crippen molar-refractivity contribution in [3.63, 3.8) is 0 Å². The maximum Gasteiger partial charge on any atom is 1.00 e. The van der Waals surface area contributed by atoms with Crippen LogP contribution in [0.15, 0.2) is 0 Å². The van der Waals surface area contributed by atoms with Gasteiger partial charge in [0.25, 0.3) is 10.1 Å². The van der Waals surface area contributed by atoms with E-state index in [0.29, 0.717) is 13.2 Å². The first-order valence-corrected chi connectivity index (χ1v) is 4.31. The fraction of sp³-hybridized carbons (Fsp3) is 0.750. The fourth-order valence-electron chi connectivity index (χ4n) is 0.329. The van der Waals surface area contributed by atoms with Crippen molar-refractivity contribution in [1.29, 1.82) is 0 Å². The summed E-state index contributed by atoms with van der Waals surface area (Å²) in [6.07, 6.45) is 0.615. The van der Waals surface area contributed by atoms with Gasteiger partial charge in [0.05, 0.1) is 6.26 Å². The zero-order valence-electron chi connectivity index (χ0n) is 6.90. The number of carbonyl (C=O) groups is 1. The number of hydrogen-bond donors (Lipinski definition) is 1. The van der Waals surface area contributed by atoms with Crippen molar-refractivity contribution in [3.05, 3.63) is 0 Å². The summed E-state index contributed by atoms with van der Waals surface area (Å²) in [6.45, 7) is 0.656. The van der Waals surface area contributed by atoms with Gasteiger partial charge in [-0.25, -0.2) is 4.18 Å². The summed E-state index contributed by atoms with van der Waals surface area (Å²) in [4.78, 5) is 9.95. The van der Waals surface area contributed by atoms with Gasteiger partial charge >= 0.3 is 51.4 Å². The van der Waals surface area contributed by atoms with Gasteiger partial charge in [-0.05, 0) is 6.92 Å². The molecular weight excluding hydrogens is 215 g/mol. The quantitative estimate of drug-likeness (QED) is 0.290. The molecule has 6 nitrogen and oxygen atoms in total. The molecule has 0 aliphatic carbocycles. The Morgan fingerprint density at radius 2 is 1.92 bits per heavy atom. The molecule has 0 aromatic rings. The maximum absolute atomic E-state index is 10.3. The predicted octanol–water partition coefficient (Wildman–Crippen LogP) is -5.57. The van der Waals surface area contributed by atoms with E-state index in [9.17, 15) is 18.3 Å². The topological polar surface area (TPSA) is 104 Å². The smallest absolute Gasteiger partial charge is 0.544 e. The van der Waals surface area contributed by atoms with E-state index in [1.54, 1.807) is 0 Å². The van der Waals surface area contributed by atoms with Crippen molar-refractivity contribution in [2.24, 2.45) is 0 Å². The Kier molecular flexibility index (Phi) is 6.45. The van der Waals surface area contributed by atoms with Gasteiger partial charge in [0, 0.05) is 0 Å². The molecule has 0 bridgehead atoms. The first-order chi connectivity index (χ1) is 4.65. The molecule has 0 heterocycles. The number of carboxylic acids is 1. The summed E-state index contributed by atoms with van der Waals surface area (Å²) in [5.74, 6) is -4.81. The molecule has 0 amide bonds. The van der Waals surface area contributed by atoms with Gasteiger partial charge in [0.15, 0.2) is 0 Å². The number of aliphatic carboxylic acids is 1. The second-order valence-corrected chi connectivity index (χ2v) is 3.63. The SMILES string of the molecule is CC(O)(OS(C)(=O)=O)C(=O)[O-].[K+]. The van der Waals surface area contributed by atoms with Crippen LogP contribution in [0.25, 0.3) is 0 Å². The molecule has 8 heteroatoms. The first-order valence-electron chi connectivity index (χ1n) is 2.49. The van der Waals surface area contributed by atoms with Crippen LogP contribution in [0.5, 0.6) is 0 Å². The van der Waals surface area contributed by atoms with Crippen LogP contribution in [0.1, 0.15) is 6.92 Å². The van der Waals surface area contributed by atoms with Gasteiger partial charge in [-0.3, -0.25) is 0 Å². The summed E-state index contributed by atoms with van der Waals surface area (Å²) < 4.78 is 24.3. The van der Waals surface area contributed by atoms with E-state index in [1.807, 2.05) is 0 Å². The molecule has 0 spiro atoms. The second kappa shape index (κ2) is 5.01. The zero-order valence-corrected chi connectivity index (χ0v) is 10.8. The van der Waals surface area contributed by atoms with Gasteiger partial charge < -0.3 is 15.0 Å². The summed E-state index contributed by atoms with van der Waals surface area (Å²) in [6, 6.07) is 0. The molecule has 0 rings (SSSR count). The molecule has 66 valence electrons. The van der Waals surface area contributed by atoms with Crippen molar-refractivity contribution in [2.45, 2.75) is 12.7 Å². The second-order valence-electron chi connectivity index (χ2n) is 2.06. The Hall–Kier alpha value is 0.976. The molecule has 0 aromatic carbocycles. The molecule has 0 fully saturated rings. The number of rotatable bonds is 3. The third kappa shape index (κ3) is 6.49. The molecule has 1 N–H and O–H groups in total. The summed E-state index contributed by atoms with van der Waals surface area (Å²) >= 11 is 0. The van der Waals surface area contributed by atoms with E-state index in [2.05, 4.69) is 4.18 Å². The Morgan fingerprint density at radius 1 is 1.58 bits per heavy atom. The molecule has 0 aliphatic heterocycles. The number of aliphatic hydroxyl groups is 1. The summed E-state index contributed by atoms with van der Waals surface area (Å²) in [5, 5.41) is 18.6. The minimum absolute atomic E-state index is 0. The van der Waals surface area contributed by atoms with Gasteiger partial charge in [0.1, 0.15) is 5.97 Å². The average molecular weight is 222 g/mol. The number of carboxylic acid groups (broad SMARTS) is 1. The predicted molar refractivity (Wildman–Crippen MR) is 31.6 cm³/mol. The van der Waals surface area contributed by atoms with E-state index >= 15 is 0 Å². The van der Waals surface area contributed by atoms with Crippen LogP contribution in [0.2, 0.25) is 0 Å². The third-order valence-corrected chi connectivity index (χ3v) is 1.32. The zero-order chi connectivity index (χ0) is 9.28. The third-order valence-electron chi connectivity index (χ3n) is 0.692. The summed E-state index contributed by atoms with van der Waals surface area (Å²) in [7, 11) is -4.00. The molecule has 0 saturated heterocycles. The molecule has 0 aliphatic rings. The van der Waals surface area contributed by atoms with E-state index in [-0.39, 0.29) is 51.4 Å². The van der Waals surface area contributed by atoms with Crippen molar-refractivity contribution in [3.8, 4) is 0 Å². The average Bonchev–Trinajstić information content (AvgIpc) is 1.56. The Morgan fingerprint density at radius 3 is 2.00 bits per heavy atom. The summed E-state index contributed by atoms with van der Waals surface area (Å²) in [5.41, 5.74) is 0. The molecule has 1 atom stereocenters. The molecule has 0 saturated carbocycles. The maximum atomic E-state index is 10.3. The fourth-order valence-corrected chi connectivity index (χ4v) is 0.986. The van der Waals surface area contributed by atoms with Crippen molar-refractivity contribution < 1.29 is 79.0 Å². The van der Waals surface area contributed by atoms with Crippen molar-refractivity contribution in [2.75, 3.05) is 6.26 Å². The van der Waals surface area contributed by atoms with Crippen LogP contribution in [-0.2, 0) is 19.1 Å². The van der Waals surface area contributed by atoms with Gasteiger partial charge in [-0.1, -0.05) is 0 Å². The number of hydrogen-bond acceptors (Lipinski definition) is 6. The van der Waals surface area contributed by atoms with Crippen LogP contribution in [0, 0.1) is 0 Å². The van der Waals surface area contributed by atoms with Crippen molar-refractivity contribution in [1.82, 2.24) is 0 Å². The van der Waals surface area contributed by atoms with E-state index in [1.165, 1.54) is 0 Å². The van der Waals surface area contributed by atoms with Crippen LogP contribution in [0.4, 0.5) is 0 Å². The molecular formula is C4H7KO6S. The van der Waals surface area contributed by atoms with Gasteiger partial charge in [0.2, 0.25) is 5.79 Å². The van der Waals surface area contributed by atoms with Crippen LogP contribution >= 0.6 is 0 Å². The standard InChI is InChI=1S/C4H8O6S.K/c1-4(7,3(5)6)10-11(2,8)9;/h7H,1-2H3,(H,5,6);/q;+1/p-1. The minimum Gasteiger partial charge on any atom is -0.544 e. The number of carbonyl (C=O) groups excluding carboxylic acids is 1. The largest absolute Gasteiger partial charge is 1.00 e. The minimum atomic E-state index is -4.00. The molecule has 0 aromatic heterocycles. The van der Waals surface area contributed by atoms with E-state index < -0.39 is 21.9 Å². The Labute approximate surface area is 112 Å². The van der Waals surface area contributed by atoms with E-state index in [4.69, 9.17) is 5.11 Å². The molecule has 1 unspecified atom stereocenters. The van der Waals surface area contributed by atoms with Gasteiger partial charge in [-0.2, -0.15) is 8.42 Å². The van der Waals surface area contributed by atoms with E-state index in [0.717, 1.165) is 0 Å². The monoisotopic (exact) mass is 222 g/mol. The van der Waals surface area contributed by atoms with Crippen LogP contribution < -0.4 is 56.5 Å². The molecule has 0 radical (unpaired) electrons. The normalized spacial score (nSPS) is 15.9. The Balaban J connectivity index is 0. The Bertz CT molecular complexity index is 255. The van der Waals surface area contributed by atoms with Crippen molar-refractivity contribution >= 4 is 16.1 Å². The van der Waals surface area contributed by atoms with Crippen LogP contribution in [0.3, 0.4) is 0 Å². The molecule has 12 heavy (non-hydrogen) atoms. The van der Waals surface area contributed by atoms with Gasteiger partial charge in [-0.15, -0.1) is 0 Å². The first kappa shape index (κ1) is 15.4.